The fourth-order valence-electron chi connectivity index (χ4n) is 1.09. The number of ether oxygens (including phenoxy) is 2. The van der Waals surface area contributed by atoms with Crippen LogP contribution in [-0.4, -0.2) is 20.0 Å². The van der Waals surface area contributed by atoms with Crippen LogP contribution < -0.4 is 0 Å². The molecule has 0 atom stereocenters. The van der Waals surface area contributed by atoms with Gasteiger partial charge in [-0.25, -0.2) is 0 Å². The van der Waals surface area contributed by atoms with E-state index < -0.39 is 0 Å². The number of hydrogen-bond donors (Lipinski definition) is 0. The van der Waals surface area contributed by atoms with Gasteiger partial charge in [-0.1, -0.05) is 26.2 Å². The van der Waals surface area contributed by atoms with E-state index in [9.17, 15) is 0 Å². The van der Waals surface area contributed by atoms with Crippen LogP contribution in [-0.2, 0) is 9.47 Å². The Labute approximate surface area is 76.3 Å². The third-order valence-electron chi connectivity index (χ3n) is 2.24. The average molecular weight is 173 g/mol. The van der Waals surface area contributed by atoms with Gasteiger partial charge in [-0.15, -0.1) is 0 Å². The fourth-order valence-corrected chi connectivity index (χ4v) is 1.09. The second kappa shape index (κ2) is 6.44. The van der Waals surface area contributed by atoms with Crippen molar-refractivity contribution in [3.63, 3.8) is 0 Å². The van der Waals surface area contributed by atoms with Gasteiger partial charge in [0, 0.05) is 20.6 Å². The van der Waals surface area contributed by atoms with Gasteiger partial charge in [-0.2, -0.15) is 0 Å². The number of rotatable bonds is 7. The summed E-state index contributed by atoms with van der Waals surface area (Å²) >= 11 is 0. The second-order valence-corrected chi connectivity index (χ2v) is 3.21. The summed E-state index contributed by atoms with van der Waals surface area (Å²) in [4.78, 5) is 0. The van der Waals surface area contributed by atoms with E-state index in [0.29, 0.717) is 0 Å². The molecule has 73 valence electrons. The molecule has 12 heavy (non-hydrogen) atoms. The first-order valence-electron chi connectivity index (χ1n) is 4.58. The largest absolute Gasteiger partial charge is 0.353 e. The molecule has 0 bridgehead atoms. The van der Waals surface area contributed by atoms with Crippen LogP contribution in [0.5, 0.6) is 0 Å². The van der Waals surface area contributed by atoms with Crippen molar-refractivity contribution in [3.05, 3.63) is 6.92 Å². The minimum atomic E-state index is -0.388. The van der Waals surface area contributed by atoms with Crippen molar-refractivity contribution < 1.29 is 9.47 Å². The summed E-state index contributed by atoms with van der Waals surface area (Å²) in [5, 5.41) is 0. The standard InChI is InChI=1S/C10H21O2/c1-5-6-7-8-9-10(2,11-3)12-4/h1,5-9H2,2-4H3. The van der Waals surface area contributed by atoms with Gasteiger partial charge < -0.3 is 9.47 Å². The zero-order chi connectivity index (χ0) is 9.45. The van der Waals surface area contributed by atoms with Crippen LogP contribution in [0.4, 0.5) is 0 Å². The minimum Gasteiger partial charge on any atom is -0.353 e. The third-order valence-corrected chi connectivity index (χ3v) is 2.24. The fraction of sp³-hybridized carbons (Fsp3) is 0.900. The molecule has 0 unspecified atom stereocenters. The first-order chi connectivity index (χ1) is 5.68. The average Bonchev–Trinajstić information content (AvgIpc) is 2.12. The van der Waals surface area contributed by atoms with Crippen molar-refractivity contribution in [2.45, 2.75) is 44.8 Å². The summed E-state index contributed by atoms with van der Waals surface area (Å²) in [6.07, 6.45) is 5.54. The molecule has 0 fully saturated rings. The van der Waals surface area contributed by atoms with Crippen molar-refractivity contribution in [2.75, 3.05) is 14.2 Å². The number of hydrogen-bond acceptors (Lipinski definition) is 2. The predicted octanol–water partition coefficient (Wildman–Crippen LogP) is 2.78. The maximum atomic E-state index is 5.23. The molecule has 0 aromatic carbocycles. The molecule has 0 saturated heterocycles. The topological polar surface area (TPSA) is 18.5 Å². The van der Waals surface area contributed by atoms with Gasteiger partial charge in [0.25, 0.3) is 0 Å². The zero-order valence-electron chi connectivity index (χ0n) is 8.56. The lowest BCUT2D eigenvalue weighted by atomic mass is 10.1. The van der Waals surface area contributed by atoms with Gasteiger partial charge >= 0.3 is 0 Å². The molecule has 0 aromatic heterocycles. The lowest BCUT2D eigenvalue weighted by Gasteiger charge is -2.26. The van der Waals surface area contributed by atoms with Crippen LogP contribution in [0.1, 0.15) is 39.0 Å². The van der Waals surface area contributed by atoms with Crippen LogP contribution in [0.15, 0.2) is 0 Å². The Kier molecular flexibility index (Phi) is 6.39. The molecule has 0 heterocycles. The van der Waals surface area contributed by atoms with Crippen LogP contribution in [0.3, 0.4) is 0 Å². The van der Waals surface area contributed by atoms with Crippen molar-refractivity contribution in [3.8, 4) is 0 Å². The Morgan fingerprint density at radius 1 is 1.08 bits per heavy atom. The third kappa shape index (κ3) is 4.73. The molecule has 0 aliphatic rings. The van der Waals surface area contributed by atoms with E-state index in [-0.39, 0.29) is 5.79 Å². The lowest BCUT2D eigenvalue weighted by molar-refractivity contribution is -0.197. The second-order valence-electron chi connectivity index (χ2n) is 3.21. The highest BCUT2D eigenvalue weighted by atomic mass is 16.7. The minimum absolute atomic E-state index is 0.388. The Morgan fingerprint density at radius 2 is 1.67 bits per heavy atom. The Balaban J connectivity index is 3.45. The van der Waals surface area contributed by atoms with Gasteiger partial charge in [-0.05, 0) is 13.3 Å². The monoisotopic (exact) mass is 173 g/mol. The van der Waals surface area contributed by atoms with E-state index in [1.165, 1.54) is 12.8 Å². The summed E-state index contributed by atoms with van der Waals surface area (Å²) in [5.74, 6) is -0.388. The molecule has 0 aliphatic heterocycles. The predicted molar refractivity (Wildman–Crippen MR) is 50.9 cm³/mol. The molecule has 0 aromatic rings. The molecular weight excluding hydrogens is 152 g/mol. The Morgan fingerprint density at radius 3 is 2.08 bits per heavy atom. The van der Waals surface area contributed by atoms with Crippen LogP contribution in [0, 0.1) is 6.92 Å². The van der Waals surface area contributed by atoms with Crippen molar-refractivity contribution in [1.29, 1.82) is 0 Å². The molecule has 2 nitrogen and oxygen atoms in total. The maximum absolute atomic E-state index is 5.23. The van der Waals surface area contributed by atoms with E-state index >= 15 is 0 Å². The summed E-state index contributed by atoms with van der Waals surface area (Å²) < 4.78 is 10.5. The van der Waals surface area contributed by atoms with Gasteiger partial charge in [0.1, 0.15) is 0 Å². The smallest absolute Gasteiger partial charge is 0.164 e. The molecule has 0 N–H and O–H groups in total. The molecule has 0 amide bonds. The van der Waals surface area contributed by atoms with E-state index in [1.54, 1.807) is 14.2 Å². The van der Waals surface area contributed by atoms with Gasteiger partial charge in [0.05, 0.1) is 0 Å². The van der Waals surface area contributed by atoms with E-state index in [2.05, 4.69) is 6.92 Å². The summed E-state index contributed by atoms with van der Waals surface area (Å²) in [5.41, 5.74) is 0. The molecule has 0 saturated carbocycles. The number of methoxy groups -OCH3 is 2. The molecule has 0 rings (SSSR count). The summed E-state index contributed by atoms with van der Waals surface area (Å²) in [7, 11) is 3.37. The highest BCUT2D eigenvalue weighted by Gasteiger charge is 2.21. The molecule has 1 radical (unpaired) electrons. The van der Waals surface area contributed by atoms with Gasteiger partial charge in [-0.3, -0.25) is 0 Å². The summed E-state index contributed by atoms with van der Waals surface area (Å²) in [6.45, 7) is 5.77. The zero-order valence-corrected chi connectivity index (χ0v) is 8.56. The summed E-state index contributed by atoms with van der Waals surface area (Å²) in [6, 6.07) is 0. The Hall–Kier alpha value is -0.0800. The van der Waals surface area contributed by atoms with Crippen molar-refractivity contribution in [2.24, 2.45) is 0 Å². The van der Waals surface area contributed by atoms with E-state index in [0.717, 1.165) is 19.3 Å². The van der Waals surface area contributed by atoms with Crippen LogP contribution in [0.25, 0.3) is 0 Å². The lowest BCUT2D eigenvalue weighted by Crippen LogP contribution is -2.29. The number of unbranched alkanes of at least 4 members (excludes halogenated alkanes) is 3. The van der Waals surface area contributed by atoms with Gasteiger partial charge in [0.15, 0.2) is 5.79 Å². The molecule has 0 spiro atoms. The highest BCUT2D eigenvalue weighted by molar-refractivity contribution is 4.61. The quantitative estimate of drug-likeness (QED) is 0.435. The first kappa shape index (κ1) is 11.9. The van der Waals surface area contributed by atoms with E-state index in [1.807, 2.05) is 6.92 Å². The SMILES string of the molecule is [CH2]CCCCCC(C)(OC)OC. The van der Waals surface area contributed by atoms with Crippen LogP contribution >= 0.6 is 0 Å². The Bertz CT molecular complexity index is 98.0. The van der Waals surface area contributed by atoms with E-state index in [4.69, 9.17) is 9.47 Å². The van der Waals surface area contributed by atoms with Crippen molar-refractivity contribution >= 4 is 0 Å². The highest BCUT2D eigenvalue weighted by Crippen LogP contribution is 2.19. The van der Waals surface area contributed by atoms with Crippen LogP contribution in [0.2, 0.25) is 0 Å². The normalized spacial score (nSPS) is 12.0. The molecule has 0 aliphatic carbocycles. The molecular formula is C10H21O2. The first-order valence-corrected chi connectivity index (χ1v) is 4.58. The maximum Gasteiger partial charge on any atom is 0.164 e. The van der Waals surface area contributed by atoms with Gasteiger partial charge in [0.2, 0.25) is 0 Å². The van der Waals surface area contributed by atoms with Crippen molar-refractivity contribution in [1.82, 2.24) is 0 Å². The molecule has 2 heteroatoms.